The van der Waals surface area contributed by atoms with Crippen LogP contribution < -0.4 is 10.6 Å². The zero-order valence-corrected chi connectivity index (χ0v) is 21.4. The summed E-state index contributed by atoms with van der Waals surface area (Å²) in [5, 5.41) is 28.0. The molecule has 0 amide bonds. The van der Waals surface area contributed by atoms with Crippen LogP contribution in [0.2, 0.25) is 10.3 Å². The standard InChI is InChI=1S/C12H16ClN3O2.C11H14ClN3O2.2CH4/c1-3-6-14-11(8-16(17)18)9(2)10-4-5-12(13)15-7-10;1-2-5-13-10(8-15(16)17)6-9-3-4-11(12)14-7-9;;/h4-5,7-9,14H,3,6H2,1-2H3;3-4,7-8,13H,2,5-6H2,1H3;2*1H4/b11-8-;10-8-;;. The van der Waals surface area contributed by atoms with Crippen molar-refractivity contribution in [1.29, 1.82) is 0 Å². The molecule has 1 atom stereocenters. The number of allylic oxidation sites excluding steroid dienone is 2. The Labute approximate surface area is 229 Å². The van der Waals surface area contributed by atoms with Crippen molar-refractivity contribution in [2.24, 2.45) is 0 Å². The third-order valence-corrected chi connectivity index (χ3v) is 5.03. The molecule has 206 valence electrons. The number of pyridine rings is 2. The lowest BCUT2D eigenvalue weighted by Crippen LogP contribution is -2.20. The van der Waals surface area contributed by atoms with E-state index in [1.807, 2.05) is 26.8 Å². The van der Waals surface area contributed by atoms with Gasteiger partial charge in [-0.2, -0.15) is 0 Å². The molecule has 0 saturated heterocycles. The largest absolute Gasteiger partial charge is 0.383 e. The number of halogens is 2. The SMILES string of the molecule is C.C.CCCN/C(=C\[N+](=O)[O-])C(C)c1ccc(Cl)nc1.CCCN/C(=C\[N+](=O)[O-])Cc1ccc(Cl)nc1. The van der Waals surface area contributed by atoms with Crippen LogP contribution in [0.1, 0.15) is 65.5 Å². The van der Waals surface area contributed by atoms with Crippen LogP contribution in [-0.4, -0.2) is 32.9 Å². The molecule has 2 heterocycles. The van der Waals surface area contributed by atoms with Crippen LogP contribution in [0.3, 0.4) is 0 Å². The number of aromatic nitrogens is 2. The first kappa shape index (κ1) is 35.9. The van der Waals surface area contributed by atoms with E-state index in [-0.39, 0.29) is 20.8 Å². The van der Waals surface area contributed by atoms with Crippen LogP contribution in [-0.2, 0) is 6.42 Å². The number of nitrogens with one attached hydrogen (secondary N) is 2. The Hall–Kier alpha value is -3.24. The second-order valence-electron chi connectivity index (χ2n) is 7.46. The van der Waals surface area contributed by atoms with Crippen LogP contribution >= 0.6 is 23.2 Å². The van der Waals surface area contributed by atoms with Gasteiger partial charge in [0.25, 0.3) is 12.4 Å². The first-order valence-corrected chi connectivity index (χ1v) is 11.8. The summed E-state index contributed by atoms with van der Waals surface area (Å²) in [6.45, 7) is 7.31. The van der Waals surface area contributed by atoms with Crippen molar-refractivity contribution >= 4 is 23.2 Å². The Morgan fingerprint density at radius 2 is 1.46 bits per heavy atom. The van der Waals surface area contributed by atoms with Crippen LogP contribution in [0.4, 0.5) is 0 Å². The molecule has 0 aliphatic rings. The molecule has 0 bridgehead atoms. The van der Waals surface area contributed by atoms with Gasteiger partial charge in [0.1, 0.15) is 10.3 Å². The second kappa shape index (κ2) is 19.9. The molecular weight excluding hydrogens is 519 g/mol. The summed E-state index contributed by atoms with van der Waals surface area (Å²) in [5.74, 6) is -0.119. The molecule has 1 unspecified atom stereocenters. The van der Waals surface area contributed by atoms with E-state index < -0.39 is 9.85 Å². The highest BCUT2D eigenvalue weighted by molar-refractivity contribution is 6.29. The topological polar surface area (TPSA) is 136 Å². The summed E-state index contributed by atoms with van der Waals surface area (Å²) in [4.78, 5) is 28.1. The molecule has 2 N–H and O–H groups in total. The number of hydrogen-bond donors (Lipinski definition) is 2. The van der Waals surface area contributed by atoms with Crippen LogP contribution in [0.25, 0.3) is 0 Å². The van der Waals surface area contributed by atoms with E-state index in [1.54, 1.807) is 30.6 Å². The second-order valence-corrected chi connectivity index (χ2v) is 8.24. The lowest BCUT2D eigenvalue weighted by molar-refractivity contribution is -0.404. The third-order valence-electron chi connectivity index (χ3n) is 4.59. The van der Waals surface area contributed by atoms with E-state index >= 15 is 0 Å². The lowest BCUT2D eigenvalue weighted by Gasteiger charge is -2.15. The quantitative estimate of drug-likeness (QED) is 0.169. The van der Waals surface area contributed by atoms with Gasteiger partial charge in [0.05, 0.1) is 21.2 Å². The molecule has 12 heteroatoms. The molecule has 2 aromatic heterocycles. The van der Waals surface area contributed by atoms with E-state index in [4.69, 9.17) is 23.2 Å². The van der Waals surface area contributed by atoms with Crippen molar-refractivity contribution in [1.82, 2.24) is 20.6 Å². The zero-order chi connectivity index (χ0) is 26.2. The molecular formula is C25H38Cl2N6O4. The lowest BCUT2D eigenvalue weighted by atomic mass is 10.00. The average molecular weight is 558 g/mol. The number of nitrogens with zero attached hydrogens (tertiary/aromatic N) is 4. The smallest absolute Gasteiger partial charge is 0.253 e. The van der Waals surface area contributed by atoms with Gasteiger partial charge < -0.3 is 10.6 Å². The highest BCUT2D eigenvalue weighted by atomic mass is 35.5. The van der Waals surface area contributed by atoms with Gasteiger partial charge >= 0.3 is 0 Å². The number of hydrogen-bond acceptors (Lipinski definition) is 8. The molecule has 0 aromatic carbocycles. The predicted octanol–water partition coefficient (Wildman–Crippen LogP) is 6.62. The first-order chi connectivity index (χ1) is 16.7. The monoisotopic (exact) mass is 556 g/mol. The van der Waals surface area contributed by atoms with E-state index in [9.17, 15) is 20.2 Å². The maximum Gasteiger partial charge on any atom is 0.253 e. The molecule has 0 radical (unpaired) electrons. The summed E-state index contributed by atoms with van der Waals surface area (Å²) < 4.78 is 0. The predicted molar refractivity (Wildman–Crippen MR) is 151 cm³/mol. The van der Waals surface area contributed by atoms with Gasteiger partial charge in [0.2, 0.25) is 0 Å². The Morgan fingerprint density at radius 3 is 1.92 bits per heavy atom. The maximum atomic E-state index is 10.6. The maximum absolute atomic E-state index is 10.6. The molecule has 2 aromatic rings. The van der Waals surface area contributed by atoms with Gasteiger partial charge in [-0.1, -0.05) is 71.0 Å². The Kier molecular flexibility index (Phi) is 19.3. The normalized spacial score (nSPS) is 11.6. The summed E-state index contributed by atoms with van der Waals surface area (Å²) in [6, 6.07) is 6.97. The summed E-state index contributed by atoms with van der Waals surface area (Å²) in [6.07, 6.45) is 7.51. The minimum absolute atomic E-state index is 0. The summed E-state index contributed by atoms with van der Waals surface area (Å²) in [7, 11) is 0. The molecule has 37 heavy (non-hydrogen) atoms. The van der Waals surface area contributed by atoms with Crippen LogP contribution in [0.15, 0.2) is 60.5 Å². The highest BCUT2D eigenvalue weighted by Crippen LogP contribution is 2.22. The van der Waals surface area contributed by atoms with Gasteiger partial charge in [-0.15, -0.1) is 0 Å². The minimum Gasteiger partial charge on any atom is -0.383 e. The molecule has 2 rings (SSSR count). The Morgan fingerprint density at radius 1 is 0.919 bits per heavy atom. The van der Waals surface area contributed by atoms with Crippen molar-refractivity contribution in [2.45, 2.75) is 60.8 Å². The van der Waals surface area contributed by atoms with E-state index in [2.05, 4.69) is 20.6 Å². The number of nitro groups is 2. The fourth-order valence-corrected chi connectivity index (χ4v) is 3.04. The fraction of sp³-hybridized carbons (Fsp3) is 0.440. The van der Waals surface area contributed by atoms with Gasteiger partial charge in [0.15, 0.2) is 0 Å². The van der Waals surface area contributed by atoms with E-state index in [0.29, 0.717) is 41.2 Å². The van der Waals surface area contributed by atoms with Gasteiger partial charge in [-0.3, -0.25) is 20.2 Å². The summed E-state index contributed by atoms with van der Waals surface area (Å²) >= 11 is 11.4. The third kappa shape index (κ3) is 15.5. The fourth-order valence-electron chi connectivity index (χ4n) is 2.81. The van der Waals surface area contributed by atoms with Gasteiger partial charge in [-0.25, -0.2) is 9.97 Å². The highest BCUT2D eigenvalue weighted by Gasteiger charge is 2.15. The van der Waals surface area contributed by atoms with Gasteiger partial charge in [0, 0.05) is 37.8 Å². The average Bonchev–Trinajstić information content (AvgIpc) is 2.81. The molecule has 10 nitrogen and oxygen atoms in total. The van der Waals surface area contributed by atoms with E-state index in [1.165, 1.54) is 0 Å². The van der Waals surface area contributed by atoms with Crippen molar-refractivity contribution in [3.8, 4) is 0 Å². The minimum atomic E-state index is -0.457. The van der Waals surface area contributed by atoms with Crippen molar-refractivity contribution in [3.05, 3.63) is 102 Å². The summed E-state index contributed by atoms with van der Waals surface area (Å²) in [5.41, 5.74) is 2.91. The Balaban J connectivity index is 0. The number of rotatable bonds is 12. The Bertz CT molecular complexity index is 999. The molecule has 0 aliphatic carbocycles. The van der Waals surface area contributed by atoms with Crippen molar-refractivity contribution in [3.63, 3.8) is 0 Å². The molecule has 0 saturated carbocycles. The van der Waals surface area contributed by atoms with Crippen LogP contribution in [0, 0.1) is 20.2 Å². The van der Waals surface area contributed by atoms with Crippen molar-refractivity contribution in [2.75, 3.05) is 13.1 Å². The van der Waals surface area contributed by atoms with Crippen LogP contribution in [0.5, 0.6) is 0 Å². The first-order valence-electron chi connectivity index (χ1n) is 11.0. The molecule has 0 spiro atoms. The molecule has 0 aliphatic heterocycles. The van der Waals surface area contributed by atoms with Crippen molar-refractivity contribution < 1.29 is 9.85 Å². The molecule has 0 fully saturated rings. The van der Waals surface area contributed by atoms with Gasteiger partial charge in [-0.05, 0) is 36.1 Å². The zero-order valence-electron chi connectivity index (χ0n) is 19.9. The van der Waals surface area contributed by atoms with E-state index in [0.717, 1.165) is 36.4 Å².